The van der Waals surface area contributed by atoms with E-state index in [2.05, 4.69) is 10.3 Å². The number of amides is 1. The number of rotatable bonds is 0. The number of fused-ring (bicyclic) bond motifs is 2. The number of aromatic nitrogens is 1. The van der Waals surface area contributed by atoms with Crippen molar-refractivity contribution in [2.24, 2.45) is 0 Å². The number of piperidine rings is 1. The molecule has 0 aromatic carbocycles. The molecule has 1 saturated heterocycles. The maximum atomic E-state index is 12.2. The summed E-state index contributed by atoms with van der Waals surface area (Å²) in [4.78, 5) is 16.4. The van der Waals surface area contributed by atoms with E-state index in [1.54, 1.807) is 10.6 Å². The summed E-state index contributed by atoms with van der Waals surface area (Å²) < 4.78 is 1.55. The van der Waals surface area contributed by atoms with Crippen LogP contribution in [0.25, 0.3) is 0 Å². The van der Waals surface area contributed by atoms with E-state index in [1.165, 1.54) is 0 Å². The molecule has 1 aromatic rings. The van der Waals surface area contributed by atoms with E-state index >= 15 is 0 Å². The van der Waals surface area contributed by atoms with Crippen LogP contribution in [-0.4, -0.2) is 27.4 Å². The maximum Gasteiger partial charge on any atom is 0.236 e. The van der Waals surface area contributed by atoms with Crippen molar-refractivity contribution < 1.29 is 4.79 Å². The lowest BCUT2D eigenvalue weighted by Crippen LogP contribution is -2.46. The fraction of sp³-hybridized carbons (Fsp3) is 0.455. The number of anilines is 1. The van der Waals surface area contributed by atoms with Gasteiger partial charge < -0.3 is 5.32 Å². The number of alkyl halides is 1. The Kier molecular flexibility index (Phi) is 2.54. The van der Waals surface area contributed by atoms with Crippen molar-refractivity contribution in [1.82, 2.24) is 9.40 Å². The van der Waals surface area contributed by atoms with Gasteiger partial charge in [-0.2, -0.15) is 0 Å². The Morgan fingerprint density at radius 3 is 3.18 bits per heavy atom. The van der Waals surface area contributed by atoms with Crippen LogP contribution in [0.1, 0.15) is 18.4 Å². The largest absolute Gasteiger partial charge is 0.310 e. The van der Waals surface area contributed by atoms with Gasteiger partial charge in [0.25, 0.3) is 0 Å². The lowest BCUT2D eigenvalue weighted by Gasteiger charge is -2.37. The fourth-order valence-corrected chi connectivity index (χ4v) is 3.13. The monoisotopic (exact) mass is 271 g/mol. The second kappa shape index (κ2) is 3.83. The van der Waals surface area contributed by atoms with Gasteiger partial charge in [-0.15, -0.1) is 11.6 Å². The zero-order valence-corrected chi connectivity index (χ0v) is 10.5. The first kappa shape index (κ1) is 11.3. The number of carbonyl (C=O) groups is 1. The molecule has 3 rings (SSSR count). The molecule has 1 N–H and O–H groups in total. The molecular formula is C11H11Cl2N3O. The van der Waals surface area contributed by atoms with E-state index in [-0.39, 0.29) is 11.4 Å². The molecule has 2 aliphatic heterocycles. The van der Waals surface area contributed by atoms with Gasteiger partial charge in [0.1, 0.15) is 11.3 Å². The van der Waals surface area contributed by atoms with E-state index in [0.717, 1.165) is 5.56 Å². The van der Waals surface area contributed by atoms with Crippen LogP contribution in [0.3, 0.4) is 0 Å². The van der Waals surface area contributed by atoms with Crippen LogP contribution in [0, 0.1) is 0 Å². The van der Waals surface area contributed by atoms with Crippen molar-refractivity contribution in [3.05, 3.63) is 23.9 Å². The Morgan fingerprint density at radius 2 is 2.41 bits per heavy atom. The fourth-order valence-electron chi connectivity index (χ4n) is 2.62. The number of nitrogens with zero attached hydrogens (tertiary/aromatic N) is 2. The summed E-state index contributed by atoms with van der Waals surface area (Å²) in [5, 5.41) is 2.82. The number of nitrogens with one attached hydrogen (secondary N) is 1. The number of halogens is 2. The van der Waals surface area contributed by atoms with Crippen LogP contribution in [-0.2, 0) is 10.2 Å². The third-order valence-electron chi connectivity index (χ3n) is 3.56. The predicted octanol–water partition coefficient (Wildman–Crippen LogP) is 2.09. The highest BCUT2D eigenvalue weighted by atomic mass is 35.5. The summed E-state index contributed by atoms with van der Waals surface area (Å²) in [6.07, 6.45) is 2.86. The van der Waals surface area contributed by atoms with Gasteiger partial charge in [-0.1, -0.05) is 6.07 Å². The molecule has 1 fully saturated rings. The van der Waals surface area contributed by atoms with Gasteiger partial charge in [0.05, 0.1) is 5.41 Å². The second-order valence-electron chi connectivity index (χ2n) is 4.45. The van der Waals surface area contributed by atoms with Gasteiger partial charge in [0.15, 0.2) is 0 Å². The predicted molar refractivity (Wildman–Crippen MR) is 66.0 cm³/mol. The Balaban J connectivity index is 2.05. The van der Waals surface area contributed by atoms with Crippen molar-refractivity contribution in [3.8, 4) is 0 Å². The quantitative estimate of drug-likeness (QED) is 0.447. The molecule has 2 aliphatic rings. The number of carbonyl (C=O) groups excluding carboxylic acids is 1. The molecule has 1 unspecified atom stereocenters. The van der Waals surface area contributed by atoms with Crippen molar-refractivity contribution in [1.29, 1.82) is 0 Å². The smallest absolute Gasteiger partial charge is 0.236 e. The van der Waals surface area contributed by atoms with E-state index in [0.29, 0.717) is 25.2 Å². The van der Waals surface area contributed by atoms with E-state index in [9.17, 15) is 4.79 Å². The molecule has 0 aliphatic carbocycles. The molecule has 6 heteroatoms. The average Bonchev–Trinajstić information content (AvgIpc) is 2.58. The van der Waals surface area contributed by atoms with Gasteiger partial charge in [-0.3, -0.25) is 4.79 Å². The molecule has 2 atom stereocenters. The maximum absolute atomic E-state index is 12.2. The highest BCUT2D eigenvalue weighted by molar-refractivity contribution is 6.25. The highest BCUT2D eigenvalue weighted by Gasteiger charge is 2.51. The lowest BCUT2D eigenvalue weighted by atomic mass is 9.74. The molecule has 3 heterocycles. The van der Waals surface area contributed by atoms with Gasteiger partial charge in [0.2, 0.25) is 5.91 Å². The summed E-state index contributed by atoms with van der Waals surface area (Å²) >= 11 is 12.1. The molecule has 4 nitrogen and oxygen atoms in total. The van der Waals surface area contributed by atoms with Gasteiger partial charge in [-0.25, -0.2) is 9.40 Å². The second-order valence-corrected chi connectivity index (χ2v) is 5.39. The Morgan fingerprint density at radius 1 is 1.59 bits per heavy atom. The summed E-state index contributed by atoms with van der Waals surface area (Å²) in [6.45, 7) is 0.595. The van der Waals surface area contributed by atoms with Crippen LogP contribution < -0.4 is 5.32 Å². The first-order valence-electron chi connectivity index (χ1n) is 5.47. The van der Waals surface area contributed by atoms with Crippen LogP contribution in [0.15, 0.2) is 18.3 Å². The molecule has 90 valence electrons. The first-order valence-corrected chi connectivity index (χ1v) is 6.24. The minimum Gasteiger partial charge on any atom is -0.310 e. The first-order chi connectivity index (χ1) is 8.13. The zero-order chi connectivity index (χ0) is 12.0. The Labute approximate surface area is 109 Å². The minimum atomic E-state index is -0.554. The van der Waals surface area contributed by atoms with E-state index < -0.39 is 5.41 Å². The number of pyridine rings is 1. The average molecular weight is 272 g/mol. The van der Waals surface area contributed by atoms with Gasteiger partial charge in [-0.05, 0) is 30.7 Å². The van der Waals surface area contributed by atoms with E-state index in [1.807, 2.05) is 12.1 Å². The Hall–Kier alpha value is -0.840. The van der Waals surface area contributed by atoms with Gasteiger partial charge >= 0.3 is 0 Å². The SMILES string of the molecule is O=C1Nc2ncccc2C12CCN(Cl)[C@H](Cl)C2. The van der Waals surface area contributed by atoms with Gasteiger partial charge in [0, 0.05) is 18.3 Å². The molecular weight excluding hydrogens is 261 g/mol. The van der Waals surface area contributed by atoms with Crippen LogP contribution in [0.4, 0.5) is 5.82 Å². The minimum absolute atomic E-state index is 0.0124. The summed E-state index contributed by atoms with van der Waals surface area (Å²) in [5.74, 6) is 0.644. The number of hydrogen-bond acceptors (Lipinski definition) is 3. The topological polar surface area (TPSA) is 45.2 Å². The molecule has 1 aromatic heterocycles. The molecule has 0 saturated carbocycles. The normalized spacial score (nSPS) is 32.6. The van der Waals surface area contributed by atoms with Crippen LogP contribution >= 0.6 is 23.4 Å². The van der Waals surface area contributed by atoms with Crippen molar-refractivity contribution in [3.63, 3.8) is 0 Å². The summed E-state index contributed by atoms with van der Waals surface area (Å²) in [6, 6.07) is 3.78. The molecule has 17 heavy (non-hydrogen) atoms. The highest BCUT2D eigenvalue weighted by Crippen LogP contribution is 2.46. The molecule has 1 amide bonds. The van der Waals surface area contributed by atoms with Crippen molar-refractivity contribution >= 4 is 35.1 Å². The van der Waals surface area contributed by atoms with Crippen molar-refractivity contribution in [2.45, 2.75) is 23.8 Å². The third-order valence-corrected chi connectivity index (χ3v) is 4.46. The van der Waals surface area contributed by atoms with Crippen molar-refractivity contribution in [2.75, 3.05) is 11.9 Å². The summed E-state index contributed by atoms with van der Waals surface area (Å²) in [7, 11) is 0. The Bertz CT molecular complexity index is 482. The van der Waals surface area contributed by atoms with Crippen LogP contribution in [0.2, 0.25) is 0 Å². The number of hydrogen-bond donors (Lipinski definition) is 1. The summed E-state index contributed by atoms with van der Waals surface area (Å²) in [5.41, 5.74) is 0.0595. The third kappa shape index (κ3) is 1.55. The standard InChI is InChI=1S/C11H11Cl2N3O/c12-8-6-11(3-5-16(8)13)7-2-1-4-14-9(7)15-10(11)17/h1-2,4,8H,3,5-6H2,(H,14,15,17)/t8-,11?/m0/s1. The molecule has 0 bridgehead atoms. The zero-order valence-electron chi connectivity index (χ0n) is 8.99. The van der Waals surface area contributed by atoms with Crippen LogP contribution in [0.5, 0.6) is 0 Å². The molecule has 1 spiro atoms. The van der Waals surface area contributed by atoms with E-state index in [4.69, 9.17) is 23.4 Å². The lowest BCUT2D eigenvalue weighted by molar-refractivity contribution is -0.122. The molecule has 0 radical (unpaired) electrons.